The Labute approximate surface area is 105 Å². The average molecular weight is 254 g/mol. The van der Waals surface area contributed by atoms with E-state index in [1.165, 1.54) is 0 Å². The quantitative estimate of drug-likeness (QED) is 0.351. The van der Waals surface area contributed by atoms with Crippen LogP contribution in [-0.4, -0.2) is 39.9 Å². The first-order valence-electron chi connectivity index (χ1n) is 5.69. The molecule has 1 heterocycles. The molecule has 7 heteroatoms. The molecule has 0 bridgehead atoms. The van der Waals surface area contributed by atoms with Gasteiger partial charge in [0, 0.05) is 26.4 Å². The van der Waals surface area contributed by atoms with E-state index in [1.807, 2.05) is 6.92 Å². The maximum absolute atomic E-state index is 12.2. The van der Waals surface area contributed by atoms with E-state index in [-0.39, 0.29) is 17.5 Å². The number of carbonyl (C=O) groups is 1. The van der Waals surface area contributed by atoms with Crippen molar-refractivity contribution < 1.29 is 14.4 Å². The van der Waals surface area contributed by atoms with Crippen LogP contribution in [0.5, 0.6) is 0 Å². The van der Waals surface area contributed by atoms with Crippen molar-refractivity contribution in [1.82, 2.24) is 9.88 Å². The van der Waals surface area contributed by atoms with Crippen LogP contribution >= 0.6 is 0 Å². The van der Waals surface area contributed by atoms with Gasteiger partial charge in [-0.2, -0.15) is 0 Å². The van der Waals surface area contributed by atoms with Gasteiger partial charge in [0.1, 0.15) is 5.84 Å². The third kappa shape index (κ3) is 3.22. The van der Waals surface area contributed by atoms with E-state index in [0.717, 1.165) is 0 Å². The van der Waals surface area contributed by atoms with Crippen LogP contribution in [0.2, 0.25) is 0 Å². The van der Waals surface area contributed by atoms with Gasteiger partial charge in [-0.1, -0.05) is 5.16 Å². The predicted octanol–water partition coefficient (Wildman–Crippen LogP) is 0.890. The van der Waals surface area contributed by atoms with Crippen molar-refractivity contribution in [3.63, 3.8) is 0 Å². The van der Waals surface area contributed by atoms with E-state index in [9.17, 15) is 4.79 Å². The van der Waals surface area contributed by atoms with Gasteiger partial charge in [-0.25, -0.2) is 4.98 Å². The molecule has 0 unspecified atom stereocenters. The summed E-state index contributed by atoms with van der Waals surface area (Å²) in [7, 11) is 0. The van der Waals surface area contributed by atoms with Crippen LogP contribution in [0.1, 0.15) is 35.5 Å². The molecule has 0 saturated heterocycles. The first kappa shape index (κ1) is 14.0. The molecule has 0 radical (unpaired) electrons. The van der Waals surface area contributed by atoms with Crippen LogP contribution in [0.3, 0.4) is 0 Å². The van der Waals surface area contributed by atoms with Crippen molar-refractivity contribution in [2.24, 2.45) is 10.9 Å². The molecule has 0 aliphatic carbocycles. The predicted molar refractivity (Wildman–Crippen MR) is 65.6 cm³/mol. The molecule has 100 valence electrons. The van der Waals surface area contributed by atoms with Gasteiger partial charge in [0.2, 0.25) is 5.76 Å². The molecule has 1 aromatic rings. The largest absolute Gasteiger partial charge is 0.436 e. The number of rotatable bonds is 5. The van der Waals surface area contributed by atoms with Gasteiger partial charge in [-0.15, -0.1) is 0 Å². The Kier molecular flexibility index (Phi) is 4.70. The van der Waals surface area contributed by atoms with Crippen molar-refractivity contribution in [3.8, 4) is 0 Å². The molecule has 0 aliphatic rings. The molecule has 7 nitrogen and oxygen atoms in total. The topological polar surface area (TPSA) is 105 Å². The van der Waals surface area contributed by atoms with Crippen LogP contribution in [-0.2, 0) is 0 Å². The molecule has 0 saturated carbocycles. The number of hydrogen-bond acceptors (Lipinski definition) is 5. The number of amides is 1. The summed E-state index contributed by atoms with van der Waals surface area (Å²) in [5.41, 5.74) is 5.94. The summed E-state index contributed by atoms with van der Waals surface area (Å²) >= 11 is 0. The van der Waals surface area contributed by atoms with Gasteiger partial charge >= 0.3 is 0 Å². The number of nitrogens with two attached hydrogens (primary N) is 1. The Balaban J connectivity index is 2.76. The first-order chi connectivity index (χ1) is 8.49. The van der Waals surface area contributed by atoms with Crippen molar-refractivity contribution in [2.45, 2.75) is 27.2 Å². The molecular weight excluding hydrogens is 236 g/mol. The maximum Gasteiger partial charge on any atom is 0.291 e. The van der Waals surface area contributed by atoms with Crippen LogP contribution in [0.4, 0.5) is 0 Å². The Hall–Kier alpha value is -2.05. The van der Waals surface area contributed by atoms with Gasteiger partial charge in [-0.05, 0) is 13.8 Å². The molecule has 0 aliphatic heterocycles. The maximum atomic E-state index is 12.2. The fourth-order valence-corrected chi connectivity index (χ4v) is 1.58. The Bertz CT molecular complexity index is 453. The summed E-state index contributed by atoms with van der Waals surface area (Å²) in [4.78, 5) is 17.8. The summed E-state index contributed by atoms with van der Waals surface area (Å²) in [6, 6.07) is 0. The molecule has 0 fully saturated rings. The molecule has 1 amide bonds. The van der Waals surface area contributed by atoms with Gasteiger partial charge in [0.25, 0.3) is 5.91 Å². The summed E-state index contributed by atoms with van der Waals surface area (Å²) in [5.74, 6) is 0.560. The van der Waals surface area contributed by atoms with Crippen LogP contribution in [0.25, 0.3) is 0 Å². The minimum Gasteiger partial charge on any atom is -0.436 e. The molecule has 0 aromatic carbocycles. The summed E-state index contributed by atoms with van der Waals surface area (Å²) in [6.07, 6.45) is 0.308. The lowest BCUT2D eigenvalue weighted by Gasteiger charge is -2.19. The first-order valence-corrected chi connectivity index (χ1v) is 5.69. The normalized spacial score (nSPS) is 11.6. The summed E-state index contributed by atoms with van der Waals surface area (Å²) < 4.78 is 5.28. The highest BCUT2D eigenvalue weighted by molar-refractivity contribution is 5.92. The molecule has 1 aromatic heterocycles. The fourth-order valence-electron chi connectivity index (χ4n) is 1.58. The van der Waals surface area contributed by atoms with Gasteiger partial charge < -0.3 is 20.3 Å². The standard InChI is InChI=1S/C11H18N4O3/c1-4-15(6-5-9(12)14-17)11(16)10-7(2)13-8(3)18-10/h17H,4-6H2,1-3H3,(H2,12,14). The SMILES string of the molecule is CCN(CCC(N)=NO)C(=O)c1oc(C)nc1C. The number of aromatic nitrogens is 1. The van der Waals surface area contributed by atoms with Gasteiger partial charge in [-0.3, -0.25) is 4.79 Å². The van der Waals surface area contributed by atoms with Crippen LogP contribution in [0.15, 0.2) is 9.57 Å². The van der Waals surface area contributed by atoms with Crippen molar-refractivity contribution in [2.75, 3.05) is 13.1 Å². The van der Waals surface area contributed by atoms with Gasteiger partial charge in [0.15, 0.2) is 5.89 Å². The molecular formula is C11H18N4O3. The minimum atomic E-state index is -0.235. The number of nitrogens with zero attached hydrogens (tertiary/aromatic N) is 3. The lowest BCUT2D eigenvalue weighted by molar-refractivity contribution is 0.0734. The van der Waals surface area contributed by atoms with Crippen molar-refractivity contribution in [3.05, 3.63) is 17.3 Å². The van der Waals surface area contributed by atoms with Crippen LogP contribution in [0, 0.1) is 13.8 Å². The Morgan fingerprint density at radius 1 is 1.56 bits per heavy atom. The number of carbonyl (C=O) groups excluding carboxylic acids is 1. The lowest BCUT2D eigenvalue weighted by Crippen LogP contribution is -2.34. The smallest absolute Gasteiger partial charge is 0.291 e. The Morgan fingerprint density at radius 2 is 2.22 bits per heavy atom. The molecule has 0 spiro atoms. The second kappa shape index (κ2) is 6.04. The van der Waals surface area contributed by atoms with Gasteiger partial charge in [0.05, 0.1) is 5.69 Å². The third-order valence-electron chi connectivity index (χ3n) is 2.53. The zero-order chi connectivity index (χ0) is 13.7. The molecule has 1 rings (SSSR count). The minimum absolute atomic E-state index is 0.0896. The highest BCUT2D eigenvalue weighted by atomic mass is 16.4. The Morgan fingerprint density at radius 3 is 2.67 bits per heavy atom. The van der Waals surface area contributed by atoms with E-state index in [1.54, 1.807) is 18.7 Å². The number of oxazole rings is 1. The van der Waals surface area contributed by atoms with E-state index >= 15 is 0 Å². The average Bonchev–Trinajstić information content (AvgIpc) is 2.68. The van der Waals surface area contributed by atoms with Crippen molar-refractivity contribution >= 4 is 11.7 Å². The van der Waals surface area contributed by atoms with E-state index in [4.69, 9.17) is 15.4 Å². The molecule has 18 heavy (non-hydrogen) atoms. The van der Waals surface area contributed by atoms with Crippen molar-refractivity contribution in [1.29, 1.82) is 0 Å². The number of aryl methyl sites for hydroxylation is 2. The second-order valence-corrected chi connectivity index (χ2v) is 3.87. The highest BCUT2D eigenvalue weighted by Crippen LogP contribution is 2.12. The van der Waals surface area contributed by atoms with Crippen LogP contribution < -0.4 is 5.73 Å². The van der Waals surface area contributed by atoms with E-state index in [2.05, 4.69) is 10.1 Å². The highest BCUT2D eigenvalue weighted by Gasteiger charge is 2.21. The number of amidine groups is 1. The molecule has 3 N–H and O–H groups in total. The monoisotopic (exact) mass is 254 g/mol. The second-order valence-electron chi connectivity index (χ2n) is 3.87. The van der Waals surface area contributed by atoms with E-state index in [0.29, 0.717) is 31.1 Å². The lowest BCUT2D eigenvalue weighted by atomic mass is 10.3. The zero-order valence-corrected chi connectivity index (χ0v) is 10.8. The number of hydrogen-bond donors (Lipinski definition) is 2. The number of oxime groups is 1. The third-order valence-corrected chi connectivity index (χ3v) is 2.53. The summed E-state index contributed by atoms with van der Waals surface area (Å²) in [6.45, 7) is 6.14. The fraction of sp³-hybridized carbons (Fsp3) is 0.545. The zero-order valence-electron chi connectivity index (χ0n) is 10.8. The molecule has 0 atom stereocenters. The summed E-state index contributed by atoms with van der Waals surface area (Å²) in [5, 5.41) is 11.3. The van der Waals surface area contributed by atoms with E-state index < -0.39 is 0 Å².